The Bertz CT molecular complexity index is 581. The molecular formula is C14H10Cl3FO. The molecule has 0 amide bonds. The van der Waals surface area contributed by atoms with Gasteiger partial charge in [0.15, 0.2) is 0 Å². The monoisotopic (exact) mass is 318 g/mol. The fourth-order valence-corrected chi connectivity index (χ4v) is 2.41. The first-order chi connectivity index (χ1) is 8.95. The minimum atomic E-state index is -0.899. The van der Waals surface area contributed by atoms with Gasteiger partial charge in [-0.1, -0.05) is 34.8 Å². The van der Waals surface area contributed by atoms with E-state index in [9.17, 15) is 9.50 Å². The number of hydrogen-bond donors (Lipinski definition) is 1. The molecular weight excluding hydrogens is 310 g/mol. The fraction of sp³-hybridized carbons (Fsp3) is 0.143. The van der Waals surface area contributed by atoms with Gasteiger partial charge in [-0.2, -0.15) is 0 Å². The van der Waals surface area contributed by atoms with Crippen LogP contribution in [0.2, 0.25) is 15.1 Å². The molecule has 0 spiro atoms. The standard InChI is InChI=1S/C14H10Cl3FO/c15-10-1-2-13(17)8(3-10)6-14(19)9-4-11(16)7-12(18)5-9/h1-5,7,14,19H,6H2. The molecule has 19 heavy (non-hydrogen) atoms. The highest BCUT2D eigenvalue weighted by Crippen LogP contribution is 2.27. The summed E-state index contributed by atoms with van der Waals surface area (Å²) in [4.78, 5) is 0. The maximum absolute atomic E-state index is 13.2. The quantitative estimate of drug-likeness (QED) is 0.838. The van der Waals surface area contributed by atoms with Crippen LogP contribution in [-0.2, 0) is 6.42 Å². The largest absolute Gasteiger partial charge is 0.388 e. The van der Waals surface area contributed by atoms with Crippen molar-refractivity contribution in [1.29, 1.82) is 0 Å². The van der Waals surface area contributed by atoms with Gasteiger partial charge in [0.2, 0.25) is 0 Å². The molecule has 1 N–H and O–H groups in total. The van der Waals surface area contributed by atoms with Crippen molar-refractivity contribution in [2.24, 2.45) is 0 Å². The molecule has 0 saturated carbocycles. The van der Waals surface area contributed by atoms with Crippen molar-refractivity contribution in [2.75, 3.05) is 0 Å². The minimum absolute atomic E-state index is 0.235. The first-order valence-corrected chi connectivity index (χ1v) is 6.67. The highest BCUT2D eigenvalue weighted by molar-refractivity contribution is 6.33. The molecule has 1 atom stereocenters. The van der Waals surface area contributed by atoms with E-state index in [1.807, 2.05) is 0 Å². The number of hydrogen-bond acceptors (Lipinski definition) is 1. The van der Waals surface area contributed by atoms with Gasteiger partial charge >= 0.3 is 0 Å². The maximum Gasteiger partial charge on any atom is 0.125 e. The van der Waals surface area contributed by atoms with Crippen LogP contribution in [0.3, 0.4) is 0 Å². The van der Waals surface area contributed by atoms with Crippen LogP contribution in [0.5, 0.6) is 0 Å². The SMILES string of the molecule is OC(Cc1cc(Cl)ccc1Cl)c1cc(F)cc(Cl)c1. The van der Waals surface area contributed by atoms with Gasteiger partial charge in [-0.05, 0) is 47.5 Å². The van der Waals surface area contributed by atoms with Gasteiger partial charge in [-0.3, -0.25) is 0 Å². The third-order valence-electron chi connectivity index (χ3n) is 2.69. The van der Waals surface area contributed by atoms with Crippen molar-refractivity contribution in [3.05, 3.63) is 68.4 Å². The van der Waals surface area contributed by atoms with Gasteiger partial charge in [-0.25, -0.2) is 4.39 Å². The predicted molar refractivity (Wildman–Crippen MR) is 76.5 cm³/mol. The van der Waals surface area contributed by atoms with E-state index in [0.29, 0.717) is 21.2 Å². The second kappa shape index (κ2) is 6.10. The lowest BCUT2D eigenvalue weighted by Crippen LogP contribution is -2.03. The molecule has 100 valence electrons. The summed E-state index contributed by atoms with van der Waals surface area (Å²) in [6.07, 6.45) is -0.664. The summed E-state index contributed by atoms with van der Waals surface area (Å²) in [7, 11) is 0. The van der Waals surface area contributed by atoms with Gasteiger partial charge in [0.25, 0.3) is 0 Å². The van der Waals surface area contributed by atoms with Crippen molar-refractivity contribution < 1.29 is 9.50 Å². The topological polar surface area (TPSA) is 20.2 Å². The van der Waals surface area contributed by atoms with Crippen molar-refractivity contribution in [1.82, 2.24) is 0 Å². The van der Waals surface area contributed by atoms with Crippen molar-refractivity contribution in [3.8, 4) is 0 Å². The average Bonchev–Trinajstić information content (AvgIpc) is 2.32. The summed E-state index contributed by atoms with van der Waals surface area (Å²) in [6.45, 7) is 0. The van der Waals surface area contributed by atoms with Crippen LogP contribution in [0.15, 0.2) is 36.4 Å². The van der Waals surface area contributed by atoms with E-state index >= 15 is 0 Å². The van der Waals surface area contributed by atoms with Crippen LogP contribution in [0.4, 0.5) is 4.39 Å². The maximum atomic E-state index is 13.2. The first kappa shape index (κ1) is 14.6. The van der Waals surface area contributed by atoms with Crippen molar-refractivity contribution in [2.45, 2.75) is 12.5 Å². The number of halogens is 4. The molecule has 2 aromatic carbocycles. The normalized spacial score (nSPS) is 12.5. The Kier molecular flexibility index (Phi) is 4.69. The van der Waals surface area contributed by atoms with E-state index in [-0.39, 0.29) is 11.4 Å². The molecule has 2 aromatic rings. The first-order valence-electron chi connectivity index (χ1n) is 5.53. The Morgan fingerprint density at radius 1 is 1.00 bits per heavy atom. The zero-order valence-corrected chi connectivity index (χ0v) is 12.0. The van der Waals surface area contributed by atoms with Crippen LogP contribution in [-0.4, -0.2) is 5.11 Å². The van der Waals surface area contributed by atoms with E-state index in [4.69, 9.17) is 34.8 Å². The second-order valence-electron chi connectivity index (χ2n) is 4.16. The molecule has 0 aliphatic carbocycles. The molecule has 0 aliphatic heterocycles. The molecule has 1 nitrogen and oxygen atoms in total. The average molecular weight is 320 g/mol. The van der Waals surface area contributed by atoms with Gasteiger partial charge in [0, 0.05) is 21.5 Å². The smallest absolute Gasteiger partial charge is 0.125 e. The Labute approximate surface area is 125 Å². The number of benzene rings is 2. The van der Waals surface area contributed by atoms with Crippen LogP contribution >= 0.6 is 34.8 Å². The molecule has 0 aromatic heterocycles. The molecule has 5 heteroatoms. The lowest BCUT2D eigenvalue weighted by molar-refractivity contribution is 0.178. The summed E-state index contributed by atoms with van der Waals surface area (Å²) in [5.74, 6) is -0.487. The number of rotatable bonds is 3. The van der Waals surface area contributed by atoms with E-state index < -0.39 is 11.9 Å². The molecule has 1 unspecified atom stereocenters. The van der Waals surface area contributed by atoms with Crippen molar-refractivity contribution >= 4 is 34.8 Å². The lowest BCUT2D eigenvalue weighted by Gasteiger charge is -2.13. The van der Waals surface area contributed by atoms with E-state index in [1.165, 1.54) is 18.2 Å². The fourth-order valence-electron chi connectivity index (χ4n) is 1.79. The Balaban J connectivity index is 2.25. The zero-order valence-electron chi connectivity index (χ0n) is 9.71. The van der Waals surface area contributed by atoms with Crippen molar-refractivity contribution in [3.63, 3.8) is 0 Å². The minimum Gasteiger partial charge on any atom is -0.388 e. The third kappa shape index (κ3) is 3.83. The summed E-state index contributed by atoms with van der Waals surface area (Å²) >= 11 is 17.7. The van der Waals surface area contributed by atoms with Gasteiger partial charge in [-0.15, -0.1) is 0 Å². The number of aliphatic hydroxyl groups is 1. The molecule has 0 aliphatic rings. The van der Waals surface area contributed by atoms with Gasteiger partial charge in [0.1, 0.15) is 5.82 Å². The summed E-state index contributed by atoms with van der Waals surface area (Å²) in [5.41, 5.74) is 1.10. The van der Waals surface area contributed by atoms with Crippen LogP contribution in [0, 0.1) is 5.82 Å². The predicted octanol–water partition coefficient (Wildman–Crippen LogP) is 5.06. The lowest BCUT2D eigenvalue weighted by atomic mass is 10.0. The third-order valence-corrected chi connectivity index (χ3v) is 3.51. The molecule has 0 radical (unpaired) electrons. The number of aliphatic hydroxyl groups excluding tert-OH is 1. The summed E-state index contributed by atoms with van der Waals surface area (Å²) < 4.78 is 13.2. The van der Waals surface area contributed by atoms with E-state index in [2.05, 4.69) is 0 Å². The molecule has 0 fully saturated rings. The highest BCUT2D eigenvalue weighted by atomic mass is 35.5. The Morgan fingerprint density at radius 3 is 2.42 bits per heavy atom. The molecule has 0 bridgehead atoms. The second-order valence-corrected chi connectivity index (χ2v) is 5.44. The Hall–Kier alpha value is -0.800. The Morgan fingerprint density at radius 2 is 1.74 bits per heavy atom. The summed E-state index contributed by atoms with van der Waals surface area (Å²) in [5, 5.41) is 11.4. The highest BCUT2D eigenvalue weighted by Gasteiger charge is 2.13. The van der Waals surface area contributed by atoms with Gasteiger partial charge < -0.3 is 5.11 Å². The molecule has 0 saturated heterocycles. The van der Waals surface area contributed by atoms with Crippen LogP contribution < -0.4 is 0 Å². The van der Waals surface area contributed by atoms with E-state index in [0.717, 1.165) is 0 Å². The van der Waals surface area contributed by atoms with Crippen LogP contribution in [0.1, 0.15) is 17.2 Å². The summed E-state index contributed by atoms with van der Waals surface area (Å²) in [6, 6.07) is 8.95. The van der Waals surface area contributed by atoms with Crippen LogP contribution in [0.25, 0.3) is 0 Å². The van der Waals surface area contributed by atoms with Gasteiger partial charge in [0.05, 0.1) is 6.10 Å². The molecule has 2 rings (SSSR count). The molecule has 0 heterocycles. The zero-order chi connectivity index (χ0) is 14.0. The van der Waals surface area contributed by atoms with E-state index in [1.54, 1.807) is 18.2 Å².